The molecule has 0 N–H and O–H groups in total. The van der Waals surface area contributed by atoms with Crippen molar-refractivity contribution in [2.75, 3.05) is 0 Å². The van der Waals surface area contributed by atoms with E-state index in [-0.39, 0.29) is 121 Å². The summed E-state index contributed by atoms with van der Waals surface area (Å²) in [6, 6.07) is 50.7. The molecule has 15 aromatic heterocycles. The molecule has 0 saturated heterocycles. The van der Waals surface area contributed by atoms with Gasteiger partial charge < -0.3 is 27.2 Å². The molecule has 91 heavy (non-hydrogen) atoms. The van der Waals surface area contributed by atoms with Crippen molar-refractivity contribution in [3.63, 3.8) is 0 Å². The zero-order valence-corrected chi connectivity index (χ0v) is 61.7. The van der Waals surface area contributed by atoms with E-state index in [9.17, 15) is 0 Å². The summed E-state index contributed by atoms with van der Waals surface area (Å²) in [6.45, 7) is 0. The maximum Gasteiger partial charge on any atom is 0.114 e. The Morgan fingerprint density at radius 2 is 0.989 bits per heavy atom. The van der Waals surface area contributed by atoms with Gasteiger partial charge in [-0.3, -0.25) is 34.4 Å². The zero-order chi connectivity index (χ0) is 56.6. The van der Waals surface area contributed by atoms with Gasteiger partial charge >= 0.3 is 0 Å². The monoisotopic (exact) mass is 2280 g/mol. The van der Waals surface area contributed by atoms with Crippen LogP contribution in [0.5, 0.6) is 0 Å². The third-order valence-corrected chi connectivity index (χ3v) is 14.9. The minimum Gasteiger partial charge on any atom is -0.361 e. The van der Waals surface area contributed by atoms with E-state index < -0.39 is 0 Å². The molecule has 0 aliphatic rings. The molecule has 0 spiro atoms. The molecule has 0 bridgehead atoms. The smallest absolute Gasteiger partial charge is 0.114 e. The first-order chi connectivity index (χ1) is 42.1. The molecule has 27 heteroatoms. The summed E-state index contributed by atoms with van der Waals surface area (Å²) in [5.74, 6) is 0. The summed E-state index contributed by atoms with van der Waals surface area (Å²) < 4.78 is 14.4. The second kappa shape index (κ2) is 29.9. The van der Waals surface area contributed by atoms with Crippen molar-refractivity contribution in [1.29, 1.82) is 0 Å². The van der Waals surface area contributed by atoms with E-state index >= 15 is 0 Å². The van der Waals surface area contributed by atoms with Gasteiger partial charge in [-0.05, 0) is 52.6 Å². The van der Waals surface area contributed by atoms with Gasteiger partial charge in [0.2, 0.25) is 0 Å². The average molecular weight is 2270 g/mol. The van der Waals surface area contributed by atoms with Crippen molar-refractivity contribution in [2.24, 2.45) is 7.05 Å². The van der Waals surface area contributed by atoms with E-state index in [2.05, 4.69) is 114 Å². The second-order valence-corrected chi connectivity index (χ2v) is 20.0. The molecule has 0 aliphatic carbocycles. The summed E-state index contributed by atoms with van der Waals surface area (Å²) in [5.41, 5.74) is 10.3. The number of fused-ring (bicyclic) bond motifs is 22. The molecule has 5 aromatic carbocycles. The fourth-order valence-corrected chi connectivity index (χ4v) is 10.8. The first-order valence-electron chi connectivity index (χ1n) is 26.4. The summed E-state index contributed by atoms with van der Waals surface area (Å²) in [4.78, 5) is 29.9. The van der Waals surface area contributed by atoms with Crippen LogP contribution in [0.3, 0.4) is 0 Å². The van der Waals surface area contributed by atoms with Gasteiger partial charge in [0.05, 0.1) is 34.4 Å². The van der Waals surface area contributed by atoms with Gasteiger partial charge in [0.1, 0.15) is 12.0 Å². The Labute approximate surface area is 600 Å². The van der Waals surface area contributed by atoms with Crippen molar-refractivity contribution in [2.45, 2.75) is 0 Å². The maximum atomic E-state index is 4.40. The molecule has 20 rings (SSSR count). The van der Waals surface area contributed by atoms with Crippen LogP contribution in [0, 0.1) is 36.4 Å². The number of benzene rings is 5. The molecule has 0 aliphatic heterocycles. The van der Waals surface area contributed by atoms with Crippen LogP contribution >= 0.6 is 11.3 Å². The normalized spacial score (nSPS) is 10.6. The predicted octanol–water partition coefficient (Wildman–Crippen LogP) is 11.2. The van der Waals surface area contributed by atoms with Crippen LogP contribution in [0.1, 0.15) is 0 Å². The number of aromatic nitrogens is 20. The van der Waals surface area contributed by atoms with Gasteiger partial charge in [0.15, 0.2) is 0 Å². The summed E-state index contributed by atoms with van der Waals surface area (Å²) >= 11 is 1.64. The van der Waals surface area contributed by atoms with Crippen molar-refractivity contribution in [1.82, 2.24) is 96.9 Å². The van der Waals surface area contributed by atoms with Gasteiger partial charge in [-0.25, -0.2) is 4.52 Å². The third kappa shape index (κ3) is 13.2. The van der Waals surface area contributed by atoms with Gasteiger partial charge in [-0.1, -0.05) is 78.6 Å². The number of pyridine rings is 6. The molecule has 0 unspecified atom stereocenters. The van der Waals surface area contributed by atoms with Gasteiger partial charge in [-0.2, -0.15) is 32.7 Å². The first-order valence-corrected chi connectivity index (χ1v) is 27.2. The quantitative estimate of drug-likeness (QED) is 0.130. The number of thiazole rings is 1. The number of rotatable bonds is 0. The van der Waals surface area contributed by atoms with Crippen LogP contribution in [-0.4, -0.2) is 96.9 Å². The molecule has 460 valence electrons. The third-order valence-electron chi connectivity index (χ3n) is 14.1. The second-order valence-electron chi connectivity index (χ2n) is 19.1. The molecule has 20 aromatic rings. The van der Waals surface area contributed by atoms with E-state index in [1.54, 1.807) is 57.7 Å². The first kappa shape index (κ1) is 67.3. The Balaban J connectivity index is 0.000000128. The number of imidazole rings is 5. The Bertz CT molecular complexity index is 5310. The number of hydrogen-bond acceptors (Lipinski definition) is 14. The molecule has 0 amide bonds. The van der Waals surface area contributed by atoms with Crippen LogP contribution in [0.15, 0.2) is 214 Å². The average Bonchev–Trinajstić information content (AvgIpc) is 1.70. The summed E-state index contributed by atoms with van der Waals surface area (Å²) in [7, 11) is 2.00. The predicted molar refractivity (Wildman–Crippen MR) is 326 cm³/mol. The fourth-order valence-electron chi connectivity index (χ4n) is 10.2. The molecular formula is C64H38Ir6N20S-6. The van der Waals surface area contributed by atoms with E-state index in [4.69, 9.17) is 0 Å². The molecule has 6 radical (unpaired) electrons. The van der Waals surface area contributed by atoms with Crippen LogP contribution in [0.25, 0.3) is 120 Å². The summed E-state index contributed by atoms with van der Waals surface area (Å²) in [6.07, 6.45) is 33.4. The van der Waals surface area contributed by atoms with Crippen LogP contribution in [-0.2, 0) is 128 Å². The summed E-state index contributed by atoms with van der Waals surface area (Å²) in [5, 5.41) is 36.1. The Kier molecular flexibility index (Phi) is 22.1. The van der Waals surface area contributed by atoms with Crippen LogP contribution in [0.4, 0.5) is 0 Å². The Hall–Kier alpha value is -8.07. The number of tetrazole rings is 1. The van der Waals surface area contributed by atoms with Crippen molar-refractivity contribution >= 4 is 131 Å². The maximum absolute atomic E-state index is 4.40. The molecule has 15 heterocycles. The largest absolute Gasteiger partial charge is 0.361 e. The number of aryl methyl sites for hydroxylation is 1. The number of hydrogen-bond donors (Lipinski definition) is 0. The van der Waals surface area contributed by atoms with Crippen LogP contribution in [0.2, 0.25) is 0 Å². The molecular weight excluding hydrogens is 2230 g/mol. The molecule has 0 fully saturated rings. The topological polar surface area (TPSA) is 199 Å². The Morgan fingerprint density at radius 3 is 1.71 bits per heavy atom. The van der Waals surface area contributed by atoms with Crippen LogP contribution < -0.4 is 0 Å². The number of nitrogens with zero attached hydrogens (tertiary/aromatic N) is 20. The van der Waals surface area contributed by atoms with Gasteiger partial charge in [-0.15, -0.1) is 124 Å². The molecule has 20 nitrogen and oxygen atoms in total. The Morgan fingerprint density at radius 1 is 0.429 bits per heavy atom. The van der Waals surface area contributed by atoms with E-state index in [0.29, 0.717) is 0 Å². The van der Waals surface area contributed by atoms with Crippen molar-refractivity contribution < 1.29 is 121 Å². The minimum absolute atomic E-state index is 0. The fraction of sp³-hybridized carbons (Fsp3) is 0.0156. The standard InChI is InChI=1S/C13H9N4.C12H6N3S.3C10H6N3.C9H5N4.6Ir/c1-16-8-15-11-3-2-10-9(12(11)16)4-6-17-7-5-14-13(10)17;1-2-10-11(14-7-16-10)8-3-5-15-6-4-13-12(15)9(1)8;1-3-11-7-8-2-5-13-6-4-12-10(13)9(1)8;1-2-4-9-8(3-1)7-12-13-6-5-11-10(9)13;1-2-4-9-8(3-1)5-6-13-7-11-12-10(9)13;1-2-4-8-7(3-1)5-6-13-9(8)10-11-12-13;;;;;;/h3-8H,1H3;2-7H;2-7H;2*1-3,5-7H;1-3,5-6H;;;;;;/q6*-1;;;;;;. The van der Waals surface area contributed by atoms with E-state index in [1.807, 2.05) is 194 Å². The minimum atomic E-state index is 0. The molecule has 0 atom stereocenters. The van der Waals surface area contributed by atoms with Crippen molar-refractivity contribution in [3.05, 3.63) is 251 Å². The van der Waals surface area contributed by atoms with Gasteiger partial charge in [0, 0.05) is 206 Å². The zero-order valence-electron chi connectivity index (χ0n) is 46.6. The molecule has 0 saturated carbocycles. The SMILES string of the molecule is Cn1cnc2c[c-]c3c(ccn4ccnc34)c21.[Ir].[Ir].[Ir].[Ir].[Ir].[Ir].[c-]1cc2scnc2c2ccn3ccnc3c12.[c-]1cccc2ccn3cnnc3c12.[c-]1cccc2ccn3nnnc3c12.[c-]1cccc2cnn3ccnc3c12.[c-]1cncc2ccn3ccnc3c12. The van der Waals surface area contributed by atoms with Crippen molar-refractivity contribution in [3.8, 4) is 0 Å². The van der Waals surface area contributed by atoms with Gasteiger partial charge in [0.25, 0.3) is 0 Å². The van der Waals surface area contributed by atoms with E-state index in [1.165, 1.54) is 4.70 Å². The van der Waals surface area contributed by atoms with E-state index in [0.717, 1.165) is 115 Å².